The van der Waals surface area contributed by atoms with Crippen LogP contribution in [-0.2, 0) is 4.43 Å². The number of hydrogen-bond acceptors (Lipinski definition) is 2. The molecule has 0 aliphatic carbocycles. The highest BCUT2D eigenvalue weighted by molar-refractivity contribution is 6.74. The molecule has 0 saturated heterocycles. The maximum Gasteiger partial charge on any atom is 0.200 e. The zero-order valence-electron chi connectivity index (χ0n) is 14.0. The predicted octanol–water partition coefficient (Wildman–Crippen LogP) is 5.10. The van der Waals surface area contributed by atoms with Crippen molar-refractivity contribution >= 4 is 8.32 Å². The van der Waals surface area contributed by atoms with Crippen LogP contribution in [0.1, 0.15) is 26.3 Å². The molecule has 0 aromatic heterocycles. The lowest BCUT2D eigenvalue weighted by molar-refractivity contribution is 0.318. The molecule has 0 aliphatic heterocycles. The number of hydrogen-bond donors (Lipinski definition) is 0. The van der Waals surface area contributed by atoms with E-state index in [4.69, 9.17) is 9.16 Å². The van der Waals surface area contributed by atoms with Gasteiger partial charge < -0.3 is 9.16 Å². The highest BCUT2D eigenvalue weighted by Crippen LogP contribution is 2.36. The van der Waals surface area contributed by atoms with E-state index in [1.165, 1.54) is 6.07 Å². The van der Waals surface area contributed by atoms with Crippen molar-refractivity contribution in [3.8, 4) is 5.75 Å². The quantitative estimate of drug-likeness (QED) is 0.534. The lowest BCUT2D eigenvalue weighted by atomic mass is 10.2. The average Bonchev–Trinajstić information content (AvgIpc) is 2.40. The van der Waals surface area contributed by atoms with Gasteiger partial charge in [0, 0.05) is 0 Å². The van der Waals surface area contributed by atoms with Gasteiger partial charge in [0.15, 0.2) is 19.9 Å². The van der Waals surface area contributed by atoms with Gasteiger partial charge in [-0.3, -0.25) is 0 Å². The summed E-state index contributed by atoms with van der Waals surface area (Å²) in [4.78, 5) is 0. The molecule has 0 fully saturated rings. The minimum absolute atomic E-state index is 0.143. The number of benzene rings is 1. The van der Waals surface area contributed by atoms with E-state index in [9.17, 15) is 8.78 Å². The molecule has 1 aromatic rings. The second kappa shape index (κ2) is 7.37. The first-order valence-corrected chi connectivity index (χ1v) is 10.2. The molecule has 0 saturated carbocycles. The Hall–Kier alpha value is -1.20. The molecule has 0 bridgehead atoms. The second-order valence-corrected chi connectivity index (χ2v) is 11.5. The van der Waals surface area contributed by atoms with Crippen LogP contribution in [-0.4, -0.2) is 21.5 Å². The normalized spacial score (nSPS) is 12.9. The van der Waals surface area contributed by atoms with Crippen LogP contribution >= 0.6 is 0 Å². The van der Waals surface area contributed by atoms with E-state index < -0.39 is 20.0 Å². The summed E-state index contributed by atoms with van der Waals surface area (Å²) in [6.07, 6.45) is 3.57. The molecule has 0 N–H and O–H groups in total. The summed E-state index contributed by atoms with van der Waals surface area (Å²) >= 11 is 0. The minimum atomic E-state index is -1.77. The smallest absolute Gasteiger partial charge is 0.200 e. The fraction of sp³-hybridized carbons (Fsp3) is 0.471. The summed E-state index contributed by atoms with van der Waals surface area (Å²) < 4.78 is 37.9. The van der Waals surface area contributed by atoms with Gasteiger partial charge in [-0.05, 0) is 42.8 Å². The molecule has 5 heteroatoms. The largest absolute Gasteiger partial charge is 0.486 e. The van der Waals surface area contributed by atoms with Crippen LogP contribution in [0.5, 0.6) is 5.75 Å². The number of rotatable bonds is 6. The van der Waals surface area contributed by atoms with E-state index >= 15 is 0 Å². The van der Waals surface area contributed by atoms with Crippen molar-refractivity contribution in [1.82, 2.24) is 0 Å². The van der Waals surface area contributed by atoms with Crippen molar-refractivity contribution in [2.24, 2.45) is 0 Å². The predicted molar refractivity (Wildman–Crippen MR) is 88.6 cm³/mol. The van der Waals surface area contributed by atoms with E-state index in [0.29, 0.717) is 12.2 Å². The van der Waals surface area contributed by atoms with E-state index in [1.54, 1.807) is 6.08 Å². The number of ether oxygens (including phenoxy) is 1. The van der Waals surface area contributed by atoms with Crippen molar-refractivity contribution in [2.75, 3.05) is 13.2 Å². The molecule has 0 unspecified atom stereocenters. The van der Waals surface area contributed by atoms with Crippen LogP contribution in [0.3, 0.4) is 0 Å². The summed E-state index contributed by atoms with van der Waals surface area (Å²) in [5.74, 6) is -2.08. The highest BCUT2D eigenvalue weighted by atomic mass is 28.4. The van der Waals surface area contributed by atoms with Crippen LogP contribution in [0.2, 0.25) is 18.1 Å². The lowest BCUT2D eigenvalue weighted by Crippen LogP contribution is -2.40. The van der Waals surface area contributed by atoms with Crippen LogP contribution in [0.4, 0.5) is 8.78 Å². The van der Waals surface area contributed by atoms with Gasteiger partial charge in [0.1, 0.15) is 6.61 Å². The average molecular weight is 327 g/mol. The third kappa shape index (κ3) is 4.92. The Labute approximate surface area is 133 Å². The summed E-state index contributed by atoms with van der Waals surface area (Å²) in [7, 11) is -1.77. The van der Waals surface area contributed by atoms with Gasteiger partial charge in [0.2, 0.25) is 5.82 Å². The van der Waals surface area contributed by atoms with Gasteiger partial charge in [-0.1, -0.05) is 32.9 Å². The van der Waals surface area contributed by atoms with Crippen molar-refractivity contribution in [2.45, 2.75) is 38.9 Å². The third-order valence-corrected chi connectivity index (χ3v) is 8.47. The van der Waals surface area contributed by atoms with Crippen molar-refractivity contribution < 1.29 is 17.9 Å². The first kappa shape index (κ1) is 18.8. The molecule has 0 atom stereocenters. The van der Waals surface area contributed by atoms with Gasteiger partial charge in [0.05, 0.1) is 6.61 Å². The van der Waals surface area contributed by atoms with Crippen LogP contribution in [0.25, 0.3) is 0 Å². The third-order valence-electron chi connectivity index (χ3n) is 3.97. The van der Waals surface area contributed by atoms with Gasteiger partial charge in [-0.25, -0.2) is 4.39 Å². The molecule has 1 radical (unpaired) electrons. The van der Waals surface area contributed by atoms with Crippen LogP contribution < -0.4 is 4.74 Å². The summed E-state index contributed by atoms with van der Waals surface area (Å²) in [5, 5.41) is 0.158. The summed E-state index contributed by atoms with van der Waals surface area (Å²) in [5.41, 5.74) is 0.324. The molecule has 2 nitrogen and oxygen atoms in total. The first-order chi connectivity index (χ1) is 10.1. The van der Waals surface area contributed by atoms with Gasteiger partial charge in [0.25, 0.3) is 0 Å². The van der Waals surface area contributed by atoms with Crippen molar-refractivity contribution in [3.05, 3.63) is 48.4 Å². The Morgan fingerprint density at radius 2 is 1.73 bits per heavy atom. The van der Waals surface area contributed by atoms with Gasteiger partial charge in [-0.2, -0.15) is 4.39 Å². The van der Waals surface area contributed by atoms with Gasteiger partial charge >= 0.3 is 0 Å². The second-order valence-electron chi connectivity index (χ2n) is 6.70. The highest BCUT2D eigenvalue weighted by Gasteiger charge is 2.36. The Kier molecular flexibility index (Phi) is 6.32. The van der Waals surface area contributed by atoms with Gasteiger partial charge in [-0.15, -0.1) is 0 Å². The maximum absolute atomic E-state index is 13.5. The molecule has 1 aromatic carbocycles. The number of halogens is 2. The Morgan fingerprint density at radius 1 is 1.14 bits per heavy atom. The molecule has 0 aliphatic rings. The molecule has 123 valence electrons. The minimum Gasteiger partial charge on any atom is -0.486 e. The molecule has 22 heavy (non-hydrogen) atoms. The molecule has 0 amide bonds. The van der Waals surface area contributed by atoms with Crippen molar-refractivity contribution in [3.63, 3.8) is 0 Å². The first-order valence-electron chi connectivity index (χ1n) is 7.28. The molecule has 0 spiro atoms. The standard InChI is InChI=1S/C17H25F2O2Si/c1-13-9-10-14(18)15(19)16(13)20-11-7-8-12-21-22(5,6)17(2,3)4/h7-10H,1,11-12H2,2-6H3. The van der Waals surface area contributed by atoms with Crippen LogP contribution in [0, 0.1) is 18.6 Å². The van der Waals surface area contributed by atoms with E-state index in [-0.39, 0.29) is 17.4 Å². The zero-order valence-corrected chi connectivity index (χ0v) is 15.0. The SMILES string of the molecule is [CH2]c1ccc(F)c(F)c1OCC=CCO[Si](C)(C)C(C)(C)C. The van der Waals surface area contributed by atoms with Crippen molar-refractivity contribution in [1.29, 1.82) is 0 Å². The lowest BCUT2D eigenvalue weighted by Gasteiger charge is -2.35. The monoisotopic (exact) mass is 327 g/mol. The Bertz CT molecular complexity index is 534. The Morgan fingerprint density at radius 3 is 2.32 bits per heavy atom. The topological polar surface area (TPSA) is 18.5 Å². The summed E-state index contributed by atoms with van der Waals surface area (Å²) in [6, 6.07) is 2.42. The molecular formula is C17H25F2O2Si. The molecular weight excluding hydrogens is 302 g/mol. The fourth-order valence-electron chi connectivity index (χ4n) is 1.47. The zero-order chi connectivity index (χ0) is 17.0. The van der Waals surface area contributed by atoms with E-state index in [2.05, 4.69) is 40.8 Å². The molecule has 1 rings (SSSR count). The Balaban J connectivity index is 2.48. The fourth-order valence-corrected chi connectivity index (χ4v) is 2.41. The van der Waals surface area contributed by atoms with E-state index in [0.717, 1.165) is 6.07 Å². The maximum atomic E-state index is 13.5. The molecule has 0 heterocycles. The summed E-state index contributed by atoms with van der Waals surface area (Å²) in [6.45, 7) is 15.1. The van der Waals surface area contributed by atoms with E-state index in [1.807, 2.05) is 6.08 Å². The van der Waals surface area contributed by atoms with Crippen LogP contribution in [0.15, 0.2) is 24.3 Å².